The van der Waals surface area contributed by atoms with E-state index < -0.39 is 5.97 Å². The van der Waals surface area contributed by atoms with Gasteiger partial charge in [-0.25, -0.2) is 10.2 Å². The number of halogens is 1. The molecule has 3 rings (SSSR count). The molecular weight excluding hydrogens is 508 g/mol. The molecule has 8 heteroatoms. The first kappa shape index (κ1) is 28.7. The van der Waals surface area contributed by atoms with Crippen LogP contribution in [0.5, 0.6) is 11.5 Å². The molecule has 0 atom stereocenters. The van der Waals surface area contributed by atoms with Crippen molar-refractivity contribution < 1.29 is 19.1 Å². The third-order valence-electron chi connectivity index (χ3n) is 6.02. The highest BCUT2D eigenvalue weighted by atomic mass is 35.5. The van der Waals surface area contributed by atoms with Gasteiger partial charge in [-0.3, -0.25) is 4.79 Å². The number of unbranched alkanes of at least 4 members (excludes halogenated alkanes) is 8. The Morgan fingerprint density at radius 1 is 0.973 bits per heavy atom. The standard InChI is InChI=1S/C29H35ClN2O4S/c1-3-4-5-6-7-8-9-10-11-16-26(33)32-31-20-21-17-18-23(24(19-21)35-2)36-29(34)28-27(30)22-14-12-13-15-25(22)37-28/h12-15,17-20H,3-11,16H2,1-2H3,(H,32,33)/b31-20+. The van der Waals surface area contributed by atoms with Crippen molar-refractivity contribution >= 4 is 51.1 Å². The average Bonchev–Trinajstić information content (AvgIpc) is 3.25. The van der Waals surface area contributed by atoms with E-state index in [1.807, 2.05) is 24.3 Å². The smallest absolute Gasteiger partial charge is 0.355 e. The molecule has 3 aromatic rings. The van der Waals surface area contributed by atoms with Crippen molar-refractivity contribution in [3.8, 4) is 11.5 Å². The zero-order chi connectivity index (χ0) is 26.5. The summed E-state index contributed by atoms with van der Waals surface area (Å²) in [6, 6.07) is 12.6. The van der Waals surface area contributed by atoms with Crippen LogP contribution in [0.1, 0.15) is 86.4 Å². The van der Waals surface area contributed by atoms with Gasteiger partial charge in [-0.2, -0.15) is 5.10 Å². The number of nitrogens with one attached hydrogen (secondary N) is 1. The summed E-state index contributed by atoms with van der Waals surface area (Å²) in [5, 5.41) is 5.24. The second-order valence-corrected chi connectivity index (χ2v) is 10.3. The molecule has 0 aliphatic heterocycles. The second kappa shape index (κ2) is 15.4. The molecule has 0 unspecified atom stereocenters. The van der Waals surface area contributed by atoms with Crippen LogP contribution in [0, 0.1) is 0 Å². The zero-order valence-corrected chi connectivity index (χ0v) is 23.1. The summed E-state index contributed by atoms with van der Waals surface area (Å²) in [6.07, 6.45) is 12.9. The van der Waals surface area contributed by atoms with Crippen molar-refractivity contribution in [2.75, 3.05) is 7.11 Å². The van der Waals surface area contributed by atoms with E-state index in [0.29, 0.717) is 27.6 Å². The Balaban J connectivity index is 1.45. The molecule has 6 nitrogen and oxygen atoms in total. The van der Waals surface area contributed by atoms with Crippen molar-refractivity contribution in [2.45, 2.75) is 71.1 Å². The van der Waals surface area contributed by atoms with E-state index in [-0.39, 0.29) is 11.7 Å². The summed E-state index contributed by atoms with van der Waals surface area (Å²) in [6.45, 7) is 2.23. The Hall–Kier alpha value is -2.90. The molecule has 0 fully saturated rings. The van der Waals surface area contributed by atoms with Gasteiger partial charge in [-0.05, 0) is 36.2 Å². The first-order chi connectivity index (χ1) is 18.0. The minimum absolute atomic E-state index is 0.100. The van der Waals surface area contributed by atoms with E-state index in [1.54, 1.807) is 18.2 Å². The van der Waals surface area contributed by atoms with Gasteiger partial charge in [0.25, 0.3) is 0 Å². The van der Waals surface area contributed by atoms with Gasteiger partial charge in [-0.1, -0.05) is 88.1 Å². The summed E-state index contributed by atoms with van der Waals surface area (Å²) >= 11 is 7.69. The lowest BCUT2D eigenvalue weighted by molar-refractivity contribution is -0.121. The number of esters is 1. The number of methoxy groups -OCH3 is 1. The molecule has 0 bridgehead atoms. The molecule has 0 saturated heterocycles. The highest BCUT2D eigenvalue weighted by Crippen LogP contribution is 2.37. The van der Waals surface area contributed by atoms with Gasteiger partial charge < -0.3 is 9.47 Å². The molecule has 1 aromatic heterocycles. The maximum absolute atomic E-state index is 12.8. The number of fused-ring (bicyclic) bond motifs is 1. The number of thiophene rings is 1. The number of hydrogen-bond donors (Lipinski definition) is 1. The summed E-state index contributed by atoms with van der Waals surface area (Å²) in [5.41, 5.74) is 3.27. The number of hydrazone groups is 1. The molecule has 0 radical (unpaired) electrons. The van der Waals surface area contributed by atoms with Gasteiger partial charge >= 0.3 is 5.97 Å². The van der Waals surface area contributed by atoms with E-state index >= 15 is 0 Å². The van der Waals surface area contributed by atoms with Crippen LogP contribution in [0.15, 0.2) is 47.6 Å². The number of carbonyl (C=O) groups excluding carboxylic acids is 2. The Morgan fingerprint density at radius 2 is 1.68 bits per heavy atom. The van der Waals surface area contributed by atoms with Crippen LogP contribution in [-0.4, -0.2) is 25.2 Å². The predicted octanol–water partition coefficient (Wildman–Crippen LogP) is 8.15. The summed E-state index contributed by atoms with van der Waals surface area (Å²) in [7, 11) is 1.49. The fourth-order valence-corrected chi connectivity index (χ4v) is 5.36. The quantitative estimate of drug-likeness (QED) is 0.0690. The minimum Gasteiger partial charge on any atom is -0.493 e. The summed E-state index contributed by atoms with van der Waals surface area (Å²) in [5.74, 6) is -0.00489. The van der Waals surface area contributed by atoms with E-state index in [0.717, 1.165) is 22.9 Å². The fourth-order valence-electron chi connectivity index (χ4n) is 3.97. The van der Waals surface area contributed by atoms with E-state index in [4.69, 9.17) is 21.1 Å². The molecule has 1 heterocycles. The lowest BCUT2D eigenvalue weighted by Crippen LogP contribution is -2.16. The second-order valence-electron chi connectivity index (χ2n) is 8.91. The maximum Gasteiger partial charge on any atom is 0.355 e. The van der Waals surface area contributed by atoms with Gasteiger partial charge in [-0.15, -0.1) is 11.3 Å². The number of nitrogens with zero attached hydrogens (tertiary/aromatic N) is 1. The lowest BCUT2D eigenvalue weighted by atomic mass is 10.1. The zero-order valence-electron chi connectivity index (χ0n) is 21.6. The summed E-state index contributed by atoms with van der Waals surface area (Å²) < 4.78 is 11.9. The molecule has 0 aliphatic carbocycles. The highest BCUT2D eigenvalue weighted by Gasteiger charge is 2.20. The Kier molecular flexibility index (Phi) is 11.9. The monoisotopic (exact) mass is 542 g/mol. The van der Waals surface area contributed by atoms with Gasteiger partial charge in [0, 0.05) is 16.5 Å². The van der Waals surface area contributed by atoms with Crippen LogP contribution >= 0.6 is 22.9 Å². The molecular formula is C29H35ClN2O4S. The van der Waals surface area contributed by atoms with Gasteiger partial charge in [0.2, 0.25) is 5.91 Å². The van der Waals surface area contributed by atoms with E-state index in [2.05, 4.69) is 17.5 Å². The van der Waals surface area contributed by atoms with Crippen LogP contribution in [0.3, 0.4) is 0 Å². The molecule has 1 amide bonds. The Bertz CT molecular complexity index is 1210. The van der Waals surface area contributed by atoms with E-state index in [9.17, 15) is 9.59 Å². The van der Waals surface area contributed by atoms with Crippen LogP contribution in [-0.2, 0) is 4.79 Å². The Labute approximate surface area is 228 Å². The van der Waals surface area contributed by atoms with E-state index in [1.165, 1.54) is 69.6 Å². The van der Waals surface area contributed by atoms with Gasteiger partial charge in [0.1, 0.15) is 4.88 Å². The lowest BCUT2D eigenvalue weighted by Gasteiger charge is -2.09. The van der Waals surface area contributed by atoms with Gasteiger partial charge in [0.15, 0.2) is 11.5 Å². The largest absolute Gasteiger partial charge is 0.493 e. The molecule has 1 N–H and O–H groups in total. The van der Waals surface area contributed by atoms with Crippen molar-refractivity contribution in [2.24, 2.45) is 5.10 Å². The number of ether oxygens (including phenoxy) is 2. The minimum atomic E-state index is -0.547. The number of benzene rings is 2. The average molecular weight is 543 g/mol. The first-order valence-corrected chi connectivity index (χ1v) is 14.1. The van der Waals surface area contributed by atoms with Crippen molar-refractivity contribution in [1.82, 2.24) is 5.43 Å². The molecule has 0 spiro atoms. The van der Waals surface area contributed by atoms with Crippen molar-refractivity contribution in [3.63, 3.8) is 0 Å². The van der Waals surface area contributed by atoms with Crippen LogP contribution in [0.2, 0.25) is 5.02 Å². The summed E-state index contributed by atoms with van der Waals surface area (Å²) in [4.78, 5) is 25.2. The number of carbonyl (C=O) groups is 2. The van der Waals surface area contributed by atoms with Crippen molar-refractivity contribution in [1.29, 1.82) is 0 Å². The maximum atomic E-state index is 12.8. The third kappa shape index (κ3) is 8.86. The number of hydrogen-bond acceptors (Lipinski definition) is 6. The fraction of sp³-hybridized carbons (Fsp3) is 0.414. The third-order valence-corrected chi connectivity index (χ3v) is 7.68. The molecule has 37 heavy (non-hydrogen) atoms. The Morgan fingerprint density at radius 3 is 2.38 bits per heavy atom. The molecule has 198 valence electrons. The number of rotatable bonds is 15. The van der Waals surface area contributed by atoms with Crippen LogP contribution < -0.4 is 14.9 Å². The SMILES string of the molecule is CCCCCCCCCCCC(=O)N/N=C/c1ccc(OC(=O)c2sc3ccccc3c2Cl)c(OC)c1. The van der Waals surface area contributed by atoms with Crippen LogP contribution in [0.4, 0.5) is 0 Å². The number of amides is 1. The van der Waals surface area contributed by atoms with Gasteiger partial charge in [0.05, 0.1) is 18.3 Å². The molecule has 2 aromatic carbocycles. The topological polar surface area (TPSA) is 77.0 Å². The highest BCUT2D eigenvalue weighted by molar-refractivity contribution is 7.21. The van der Waals surface area contributed by atoms with Crippen molar-refractivity contribution in [3.05, 3.63) is 57.9 Å². The van der Waals surface area contributed by atoms with Crippen LogP contribution in [0.25, 0.3) is 10.1 Å². The molecule has 0 saturated carbocycles. The normalized spacial score (nSPS) is 11.2. The molecule has 0 aliphatic rings. The predicted molar refractivity (Wildman–Crippen MR) is 152 cm³/mol. The first-order valence-electron chi connectivity index (χ1n) is 12.9.